The van der Waals surface area contributed by atoms with Crippen LogP contribution in [0.5, 0.6) is 5.75 Å². The number of carbonyl (C=O) groups is 2. The minimum absolute atomic E-state index is 0.110. The fourth-order valence-corrected chi connectivity index (χ4v) is 7.43. The number of benzene rings is 3. The number of nitrogens with one attached hydrogen (secondary N) is 2. The van der Waals surface area contributed by atoms with Crippen molar-refractivity contribution in [3.05, 3.63) is 85.8 Å². The summed E-state index contributed by atoms with van der Waals surface area (Å²) in [4.78, 5) is 34.3. The number of amides is 2. The maximum atomic E-state index is 14.3. The summed E-state index contributed by atoms with van der Waals surface area (Å²) in [7, 11) is 0. The molecule has 4 aliphatic heterocycles. The van der Waals surface area contributed by atoms with Gasteiger partial charge in [-0.3, -0.25) is 14.9 Å². The molecular formula is C26H16Cl4N4O3. The molecule has 7 rings (SSSR count). The molecule has 11 heteroatoms. The van der Waals surface area contributed by atoms with E-state index in [1.54, 1.807) is 30.3 Å². The van der Waals surface area contributed by atoms with E-state index in [1.807, 2.05) is 6.07 Å². The van der Waals surface area contributed by atoms with Gasteiger partial charge in [0.05, 0.1) is 22.3 Å². The van der Waals surface area contributed by atoms with E-state index in [1.165, 1.54) is 18.2 Å². The Bertz CT molecular complexity index is 1590. The summed E-state index contributed by atoms with van der Waals surface area (Å²) in [5, 5.41) is 18.2. The first-order valence-electron chi connectivity index (χ1n) is 11.4. The lowest BCUT2D eigenvalue weighted by molar-refractivity contribution is -0.124. The third-order valence-corrected chi connectivity index (χ3v) is 8.61. The highest BCUT2D eigenvalue weighted by Gasteiger charge is 2.84. The van der Waals surface area contributed by atoms with Crippen LogP contribution >= 0.6 is 46.4 Å². The average Bonchev–Trinajstić information content (AvgIpc) is 3.29. The van der Waals surface area contributed by atoms with Crippen LogP contribution in [-0.4, -0.2) is 34.3 Å². The molecule has 2 saturated heterocycles. The van der Waals surface area contributed by atoms with Gasteiger partial charge < -0.3 is 10.4 Å². The van der Waals surface area contributed by atoms with Gasteiger partial charge in [0.1, 0.15) is 17.1 Å². The van der Waals surface area contributed by atoms with E-state index < -0.39 is 34.9 Å². The first kappa shape index (κ1) is 23.3. The smallest absolute Gasteiger partial charge is 0.265 e. The van der Waals surface area contributed by atoms with Gasteiger partial charge in [-0.2, -0.15) is 0 Å². The van der Waals surface area contributed by atoms with Crippen molar-refractivity contribution >= 4 is 75.4 Å². The van der Waals surface area contributed by atoms with Crippen LogP contribution in [0.25, 0.3) is 0 Å². The SMILES string of the molecule is O=C1C2C(Cc3cccc(O)c3)NC34C(=NC23C(=O)N1c1cc(Cl)cc(Cl)c1)Nc1c(Cl)cc(Cl)cc14. The summed E-state index contributed by atoms with van der Waals surface area (Å²) in [5.74, 6) is -1.14. The quantitative estimate of drug-likeness (QED) is 0.375. The normalized spacial score (nSPS) is 28.8. The lowest BCUT2D eigenvalue weighted by atomic mass is 9.65. The number of imide groups is 1. The van der Waals surface area contributed by atoms with Crippen molar-refractivity contribution in [3.63, 3.8) is 0 Å². The lowest BCUT2D eigenvalue weighted by Crippen LogP contribution is -2.69. The van der Waals surface area contributed by atoms with E-state index in [4.69, 9.17) is 51.4 Å². The second-order valence-corrected chi connectivity index (χ2v) is 11.3. The average molecular weight is 574 g/mol. The molecule has 4 atom stereocenters. The highest BCUT2D eigenvalue weighted by molar-refractivity contribution is 6.40. The molecule has 4 unspecified atom stereocenters. The van der Waals surface area contributed by atoms with E-state index in [0.29, 0.717) is 43.6 Å². The van der Waals surface area contributed by atoms with Crippen LogP contribution in [0.3, 0.4) is 0 Å². The third-order valence-electron chi connectivity index (χ3n) is 7.66. The summed E-state index contributed by atoms with van der Waals surface area (Å²) in [5.41, 5.74) is -0.274. The van der Waals surface area contributed by atoms with Crippen molar-refractivity contribution in [2.24, 2.45) is 10.9 Å². The molecule has 3 aromatic rings. The molecule has 2 spiro atoms. The number of hydrogen-bond donors (Lipinski definition) is 3. The highest BCUT2D eigenvalue weighted by Crippen LogP contribution is 2.64. The zero-order valence-electron chi connectivity index (χ0n) is 18.7. The summed E-state index contributed by atoms with van der Waals surface area (Å²) in [6.07, 6.45) is 0.359. The number of rotatable bonds is 3. The minimum atomic E-state index is -1.47. The van der Waals surface area contributed by atoms with Crippen LogP contribution in [-0.2, 0) is 21.5 Å². The molecule has 0 aliphatic carbocycles. The van der Waals surface area contributed by atoms with Crippen LogP contribution < -0.4 is 15.5 Å². The van der Waals surface area contributed by atoms with E-state index in [9.17, 15) is 14.7 Å². The third kappa shape index (κ3) is 2.86. The second kappa shape index (κ2) is 7.62. The Morgan fingerprint density at radius 2 is 1.70 bits per heavy atom. The summed E-state index contributed by atoms with van der Waals surface area (Å²) >= 11 is 25.4. The number of fused-ring (bicyclic) bond motifs is 1. The Morgan fingerprint density at radius 3 is 2.43 bits per heavy atom. The number of anilines is 2. The van der Waals surface area contributed by atoms with Crippen molar-refractivity contribution in [3.8, 4) is 5.75 Å². The monoisotopic (exact) mass is 572 g/mol. The molecule has 186 valence electrons. The van der Waals surface area contributed by atoms with Crippen molar-refractivity contribution in [1.82, 2.24) is 5.32 Å². The first-order chi connectivity index (χ1) is 17.7. The summed E-state index contributed by atoms with van der Waals surface area (Å²) in [6, 6.07) is 14.3. The number of amidine groups is 1. The number of phenols is 1. The van der Waals surface area contributed by atoms with Crippen molar-refractivity contribution in [2.75, 3.05) is 10.2 Å². The van der Waals surface area contributed by atoms with Crippen LogP contribution in [0, 0.1) is 5.92 Å². The van der Waals surface area contributed by atoms with Gasteiger partial charge in [-0.1, -0.05) is 58.5 Å². The molecular weight excluding hydrogens is 558 g/mol. The maximum absolute atomic E-state index is 14.3. The van der Waals surface area contributed by atoms with Gasteiger partial charge in [-0.25, -0.2) is 9.89 Å². The molecule has 7 nitrogen and oxygen atoms in total. The van der Waals surface area contributed by atoms with Gasteiger partial charge in [-0.15, -0.1) is 0 Å². The second-order valence-electron chi connectivity index (χ2n) is 9.62. The number of aliphatic imine (C=N–C) groups is 1. The fraction of sp³-hybridized carbons (Fsp3) is 0.192. The number of nitrogens with zero attached hydrogens (tertiary/aromatic N) is 2. The van der Waals surface area contributed by atoms with Crippen molar-refractivity contribution < 1.29 is 14.7 Å². The lowest BCUT2D eigenvalue weighted by Gasteiger charge is -2.46. The topological polar surface area (TPSA) is 94.0 Å². The van der Waals surface area contributed by atoms with E-state index in [-0.39, 0.29) is 11.4 Å². The Morgan fingerprint density at radius 1 is 0.973 bits per heavy atom. The van der Waals surface area contributed by atoms with Crippen LogP contribution in [0.2, 0.25) is 20.1 Å². The van der Waals surface area contributed by atoms with Gasteiger partial charge >= 0.3 is 0 Å². The summed E-state index contributed by atoms with van der Waals surface area (Å²) < 4.78 is 0. The predicted octanol–water partition coefficient (Wildman–Crippen LogP) is 5.18. The Balaban J connectivity index is 1.43. The predicted molar refractivity (Wildman–Crippen MR) is 143 cm³/mol. The summed E-state index contributed by atoms with van der Waals surface area (Å²) in [6.45, 7) is 0. The maximum Gasteiger partial charge on any atom is 0.265 e. The number of halogens is 4. The van der Waals surface area contributed by atoms with Crippen molar-refractivity contribution in [2.45, 2.75) is 23.5 Å². The largest absolute Gasteiger partial charge is 0.508 e. The van der Waals surface area contributed by atoms with E-state index >= 15 is 0 Å². The molecule has 2 fully saturated rings. The number of carbonyl (C=O) groups excluding carboxylic acids is 2. The molecule has 4 heterocycles. The molecule has 4 aliphatic rings. The molecule has 0 saturated carbocycles. The molecule has 37 heavy (non-hydrogen) atoms. The molecule has 3 N–H and O–H groups in total. The number of aromatic hydroxyl groups is 1. The Kier molecular flexibility index (Phi) is 4.80. The number of hydrogen-bond acceptors (Lipinski definition) is 6. The Labute approximate surface area is 231 Å². The minimum Gasteiger partial charge on any atom is -0.508 e. The van der Waals surface area contributed by atoms with Gasteiger partial charge in [-0.05, 0) is 54.4 Å². The molecule has 0 aromatic heterocycles. The van der Waals surface area contributed by atoms with Gasteiger partial charge in [0.25, 0.3) is 5.91 Å². The molecule has 2 amide bonds. The molecule has 0 bridgehead atoms. The highest BCUT2D eigenvalue weighted by atomic mass is 35.5. The van der Waals surface area contributed by atoms with Gasteiger partial charge in [0, 0.05) is 26.7 Å². The molecule has 3 aromatic carbocycles. The standard InChI is InChI=1S/C26H16Cl4N4O3/c27-12-6-13(28)8-15(7-12)34-22(36)20-19(5-11-2-1-3-16(35)4-11)32-25-17-9-14(29)10-18(30)21(17)31-23(25)33-26(20,25)24(34)37/h1-4,6-10,19-20,32,35H,5H2,(H,31,33). The van der Waals surface area contributed by atoms with Crippen LogP contribution in [0.15, 0.2) is 59.6 Å². The van der Waals surface area contributed by atoms with Crippen molar-refractivity contribution in [1.29, 1.82) is 0 Å². The first-order valence-corrected chi connectivity index (χ1v) is 12.9. The van der Waals surface area contributed by atoms with Gasteiger partial charge in [0.15, 0.2) is 5.54 Å². The van der Waals surface area contributed by atoms with E-state index in [0.717, 1.165) is 10.5 Å². The zero-order chi connectivity index (χ0) is 25.9. The number of phenolic OH excluding ortho intramolecular Hbond substituents is 1. The van der Waals surface area contributed by atoms with Crippen LogP contribution in [0.1, 0.15) is 11.1 Å². The molecule has 0 radical (unpaired) electrons. The Hall–Kier alpha value is -2.81. The zero-order valence-corrected chi connectivity index (χ0v) is 21.8. The fourth-order valence-electron chi connectivity index (χ4n) is 6.37. The van der Waals surface area contributed by atoms with Crippen LogP contribution in [0.4, 0.5) is 11.4 Å². The van der Waals surface area contributed by atoms with Gasteiger partial charge in [0.2, 0.25) is 5.91 Å². The van der Waals surface area contributed by atoms with E-state index in [2.05, 4.69) is 10.6 Å².